The Balaban J connectivity index is 1.58. The number of ether oxygens (including phenoxy) is 1. The summed E-state index contributed by atoms with van der Waals surface area (Å²) in [4.78, 5) is 23.2. The van der Waals surface area contributed by atoms with Crippen molar-refractivity contribution in [3.8, 4) is 38.8 Å². The molecular weight excluding hydrogens is 506 g/mol. The van der Waals surface area contributed by atoms with Crippen molar-refractivity contribution in [1.29, 1.82) is 0 Å². The molecule has 0 unspecified atom stereocenters. The van der Waals surface area contributed by atoms with Crippen LogP contribution in [-0.2, 0) is 6.54 Å². The number of fused-ring (bicyclic) bond motifs is 1. The van der Waals surface area contributed by atoms with Gasteiger partial charge in [-0.05, 0) is 31.2 Å². The van der Waals surface area contributed by atoms with Crippen LogP contribution in [0.5, 0.6) is 5.75 Å². The Morgan fingerprint density at radius 1 is 0.923 bits per heavy atom. The molecule has 1 N–H and O–H groups in total. The highest BCUT2D eigenvalue weighted by Crippen LogP contribution is 2.39. The first-order valence-electron chi connectivity index (χ1n) is 12.6. The van der Waals surface area contributed by atoms with E-state index in [1.165, 1.54) is 16.0 Å². The van der Waals surface area contributed by atoms with Gasteiger partial charge in [0, 0.05) is 40.0 Å². The van der Waals surface area contributed by atoms with Gasteiger partial charge in [0.15, 0.2) is 0 Å². The standard InChI is InChI=1S/C31H25N5O2S/c1-3-36-31(37)29(33-25-18-32-17-22-11-7-8-12-24(22)25)27(28(35-36)20-9-5-4-6-10-20)26-19-39-30(34-26)21-13-15-23(38-2)16-14-21/h4-19,33H,3H2,1-2H3. The van der Waals surface area contributed by atoms with Gasteiger partial charge in [0.05, 0.1) is 30.3 Å². The van der Waals surface area contributed by atoms with E-state index in [-0.39, 0.29) is 5.56 Å². The maximum Gasteiger partial charge on any atom is 0.291 e. The number of aryl methyl sites for hydroxylation is 1. The smallest absolute Gasteiger partial charge is 0.291 e. The second-order valence-electron chi connectivity index (χ2n) is 8.89. The van der Waals surface area contributed by atoms with E-state index >= 15 is 0 Å². The number of pyridine rings is 1. The van der Waals surface area contributed by atoms with Gasteiger partial charge in [0.1, 0.15) is 22.1 Å². The summed E-state index contributed by atoms with van der Waals surface area (Å²) in [6, 6.07) is 25.6. The van der Waals surface area contributed by atoms with Crippen molar-refractivity contribution in [2.75, 3.05) is 12.4 Å². The second kappa shape index (κ2) is 10.5. The molecule has 6 rings (SSSR count). The van der Waals surface area contributed by atoms with Gasteiger partial charge in [-0.2, -0.15) is 5.10 Å². The van der Waals surface area contributed by atoms with E-state index in [9.17, 15) is 4.79 Å². The first kappa shape index (κ1) is 24.5. The molecule has 192 valence electrons. The minimum atomic E-state index is -0.223. The number of anilines is 2. The lowest BCUT2D eigenvalue weighted by Crippen LogP contribution is -2.26. The van der Waals surface area contributed by atoms with Crippen LogP contribution >= 0.6 is 11.3 Å². The molecule has 6 aromatic rings. The Bertz CT molecular complexity index is 1820. The van der Waals surface area contributed by atoms with Crippen LogP contribution < -0.4 is 15.6 Å². The van der Waals surface area contributed by atoms with E-state index in [1.807, 2.05) is 97.4 Å². The molecule has 0 bridgehead atoms. The summed E-state index contributed by atoms with van der Waals surface area (Å²) in [5, 5.41) is 13.0. The van der Waals surface area contributed by atoms with Gasteiger partial charge in [0.25, 0.3) is 5.56 Å². The zero-order valence-electron chi connectivity index (χ0n) is 21.5. The molecule has 0 radical (unpaired) electrons. The van der Waals surface area contributed by atoms with Crippen LogP contribution in [0, 0.1) is 0 Å². The van der Waals surface area contributed by atoms with Crippen LogP contribution in [0.4, 0.5) is 11.4 Å². The van der Waals surface area contributed by atoms with Crippen LogP contribution in [0.15, 0.2) is 101 Å². The highest BCUT2D eigenvalue weighted by molar-refractivity contribution is 7.13. The Morgan fingerprint density at radius 3 is 2.46 bits per heavy atom. The van der Waals surface area contributed by atoms with Crippen molar-refractivity contribution < 1.29 is 4.74 Å². The number of nitrogens with one attached hydrogen (secondary N) is 1. The molecule has 0 saturated carbocycles. The molecule has 3 heterocycles. The predicted molar refractivity (Wildman–Crippen MR) is 158 cm³/mol. The zero-order chi connectivity index (χ0) is 26.8. The normalized spacial score (nSPS) is 11.0. The van der Waals surface area contributed by atoms with Crippen molar-refractivity contribution in [3.63, 3.8) is 0 Å². The van der Waals surface area contributed by atoms with Crippen molar-refractivity contribution in [1.82, 2.24) is 19.7 Å². The second-order valence-corrected chi connectivity index (χ2v) is 9.74. The SMILES string of the molecule is CCn1nc(-c2ccccc2)c(-c2csc(-c3ccc(OC)cc3)n2)c(Nc2cncc3ccccc23)c1=O. The van der Waals surface area contributed by atoms with E-state index in [0.717, 1.165) is 38.3 Å². The highest BCUT2D eigenvalue weighted by atomic mass is 32.1. The minimum absolute atomic E-state index is 0.223. The molecule has 7 nitrogen and oxygen atoms in total. The van der Waals surface area contributed by atoms with Crippen LogP contribution in [-0.4, -0.2) is 26.9 Å². The third-order valence-corrected chi connectivity index (χ3v) is 7.42. The predicted octanol–water partition coefficient (Wildman–Crippen LogP) is 7.02. The Kier molecular flexibility index (Phi) is 6.61. The fourth-order valence-electron chi connectivity index (χ4n) is 4.55. The average Bonchev–Trinajstić information content (AvgIpc) is 3.48. The van der Waals surface area contributed by atoms with Crippen molar-refractivity contribution >= 4 is 33.5 Å². The number of aromatic nitrogens is 4. The molecule has 0 aliphatic heterocycles. The number of hydrogen-bond donors (Lipinski definition) is 1. The van der Waals surface area contributed by atoms with Crippen LogP contribution in [0.25, 0.3) is 43.9 Å². The molecule has 0 amide bonds. The number of rotatable bonds is 7. The van der Waals surface area contributed by atoms with Crippen molar-refractivity contribution in [2.24, 2.45) is 0 Å². The molecule has 0 saturated heterocycles. The molecule has 0 spiro atoms. The van der Waals surface area contributed by atoms with E-state index in [4.69, 9.17) is 14.8 Å². The summed E-state index contributed by atoms with van der Waals surface area (Å²) in [6.07, 6.45) is 3.56. The van der Waals surface area contributed by atoms with E-state index in [0.29, 0.717) is 29.2 Å². The number of nitrogens with zero attached hydrogens (tertiary/aromatic N) is 4. The lowest BCUT2D eigenvalue weighted by molar-refractivity contribution is 0.415. The van der Waals surface area contributed by atoms with E-state index in [1.54, 1.807) is 13.3 Å². The molecule has 0 aliphatic rings. The topological polar surface area (TPSA) is 81.9 Å². The zero-order valence-corrected chi connectivity index (χ0v) is 22.3. The lowest BCUT2D eigenvalue weighted by Gasteiger charge is -2.17. The minimum Gasteiger partial charge on any atom is -0.497 e. The fourth-order valence-corrected chi connectivity index (χ4v) is 5.37. The summed E-state index contributed by atoms with van der Waals surface area (Å²) < 4.78 is 6.80. The summed E-state index contributed by atoms with van der Waals surface area (Å²) in [7, 11) is 1.65. The first-order chi connectivity index (χ1) is 19.2. The molecule has 3 aromatic carbocycles. The average molecular weight is 532 g/mol. The maximum atomic E-state index is 13.8. The molecule has 0 fully saturated rings. The van der Waals surface area contributed by atoms with Gasteiger partial charge < -0.3 is 10.1 Å². The molecule has 8 heteroatoms. The van der Waals surface area contributed by atoms with Gasteiger partial charge in [-0.3, -0.25) is 9.78 Å². The fraction of sp³-hybridized carbons (Fsp3) is 0.0968. The van der Waals surface area contributed by atoms with E-state index in [2.05, 4.69) is 10.3 Å². The molecular formula is C31H25N5O2S. The van der Waals surface area contributed by atoms with Crippen molar-refractivity contribution in [2.45, 2.75) is 13.5 Å². The Labute approximate surface area is 229 Å². The molecule has 39 heavy (non-hydrogen) atoms. The highest BCUT2D eigenvalue weighted by Gasteiger charge is 2.23. The quantitative estimate of drug-likeness (QED) is 0.238. The monoisotopic (exact) mass is 531 g/mol. The summed E-state index contributed by atoms with van der Waals surface area (Å²) >= 11 is 1.52. The molecule has 0 aliphatic carbocycles. The Hall–Kier alpha value is -4.82. The summed E-state index contributed by atoms with van der Waals surface area (Å²) in [5.41, 5.74) is 4.80. The van der Waals surface area contributed by atoms with Gasteiger partial charge >= 0.3 is 0 Å². The number of hydrogen-bond acceptors (Lipinski definition) is 7. The first-order valence-corrected chi connectivity index (χ1v) is 13.4. The number of benzene rings is 3. The van der Waals surface area contributed by atoms with Gasteiger partial charge in [-0.25, -0.2) is 9.67 Å². The van der Waals surface area contributed by atoms with Gasteiger partial charge in [0.2, 0.25) is 0 Å². The number of thiazole rings is 1. The largest absolute Gasteiger partial charge is 0.497 e. The maximum absolute atomic E-state index is 13.8. The van der Waals surface area contributed by atoms with Crippen LogP contribution in [0.1, 0.15) is 6.92 Å². The molecule has 0 atom stereocenters. The van der Waals surface area contributed by atoms with E-state index < -0.39 is 0 Å². The molecule has 3 aromatic heterocycles. The summed E-state index contributed by atoms with van der Waals surface area (Å²) in [6.45, 7) is 2.34. The third kappa shape index (κ3) is 4.66. The third-order valence-electron chi connectivity index (χ3n) is 6.53. The van der Waals surface area contributed by atoms with Crippen molar-refractivity contribution in [3.05, 3.63) is 107 Å². The Morgan fingerprint density at radius 2 is 1.69 bits per heavy atom. The van der Waals surface area contributed by atoms with Gasteiger partial charge in [-0.15, -0.1) is 11.3 Å². The van der Waals surface area contributed by atoms with Crippen LogP contribution in [0.2, 0.25) is 0 Å². The number of methoxy groups -OCH3 is 1. The summed E-state index contributed by atoms with van der Waals surface area (Å²) in [5.74, 6) is 0.782. The lowest BCUT2D eigenvalue weighted by atomic mass is 10.0. The van der Waals surface area contributed by atoms with Crippen LogP contribution in [0.3, 0.4) is 0 Å². The van der Waals surface area contributed by atoms with Gasteiger partial charge in [-0.1, -0.05) is 54.6 Å².